The standard InChI is InChI=1S/C16H16N2O2/c1-11-7-15(19-2)9-13(18-11)10-20-14-3-4-16-12(8-14)5-6-17-16/h3-9,17H,10H2,1-2H3. The number of nitrogens with zero attached hydrogens (tertiary/aromatic N) is 1. The van der Waals surface area contributed by atoms with E-state index in [-0.39, 0.29) is 0 Å². The van der Waals surface area contributed by atoms with E-state index in [2.05, 4.69) is 9.97 Å². The van der Waals surface area contributed by atoms with Gasteiger partial charge in [0.15, 0.2) is 0 Å². The summed E-state index contributed by atoms with van der Waals surface area (Å²) in [4.78, 5) is 7.60. The molecule has 0 radical (unpaired) electrons. The number of fused-ring (bicyclic) bond motifs is 1. The van der Waals surface area contributed by atoms with Gasteiger partial charge in [0.1, 0.15) is 18.1 Å². The van der Waals surface area contributed by atoms with Crippen molar-refractivity contribution in [3.8, 4) is 11.5 Å². The maximum absolute atomic E-state index is 5.79. The van der Waals surface area contributed by atoms with E-state index in [0.29, 0.717) is 6.61 Å². The second-order valence-electron chi connectivity index (χ2n) is 4.66. The van der Waals surface area contributed by atoms with Crippen LogP contribution in [0.4, 0.5) is 0 Å². The maximum atomic E-state index is 5.79. The number of aromatic amines is 1. The van der Waals surface area contributed by atoms with Crippen molar-refractivity contribution < 1.29 is 9.47 Å². The van der Waals surface area contributed by atoms with Gasteiger partial charge in [-0.05, 0) is 31.2 Å². The first-order valence-electron chi connectivity index (χ1n) is 6.46. The first-order chi connectivity index (χ1) is 9.74. The predicted molar refractivity (Wildman–Crippen MR) is 78.2 cm³/mol. The lowest BCUT2D eigenvalue weighted by molar-refractivity contribution is 0.300. The third kappa shape index (κ3) is 2.59. The first-order valence-corrected chi connectivity index (χ1v) is 6.46. The first kappa shape index (κ1) is 12.5. The molecule has 4 heteroatoms. The Bertz CT molecular complexity index is 734. The quantitative estimate of drug-likeness (QED) is 0.788. The van der Waals surface area contributed by atoms with Crippen molar-refractivity contribution in [2.45, 2.75) is 13.5 Å². The van der Waals surface area contributed by atoms with Crippen molar-refractivity contribution in [2.75, 3.05) is 7.11 Å². The third-order valence-electron chi connectivity index (χ3n) is 3.13. The van der Waals surface area contributed by atoms with Crippen LogP contribution in [0.2, 0.25) is 0 Å². The summed E-state index contributed by atoms with van der Waals surface area (Å²) in [7, 11) is 1.65. The van der Waals surface area contributed by atoms with Crippen molar-refractivity contribution in [3.05, 3.63) is 54.0 Å². The molecule has 3 aromatic rings. The molecule has 0 bridgehead atoms. The fourth-order valence-electron chi connectivity index (χ4n) is 2.17. The molecule has 2 aromatic heterocycles. The molecule has 0 aliphatic carbocycles. The van der Waals surface area contributed by atoms with Crippen molar-refractivity contribution >= 4 is 10.9 Å². The van der Waals surface area contributed by atoms with Crippen molar-refractivity contribution in [1.29, 1.82) is 0 Å². The van der Waals surface area contributed by atoms with E-state index < -0.39 is 0 Å². The normalized spacial score (nSPS) is 10.7. The zero-order valence-corrected chi connectivity index (χ0v) is 11.5. The van der Waals surface area contributed by atoms with Crippen LogP contribution in [0, 0.1) is 6.92 Å². The second kappa shape index (κ2) is 5.25. The number of hydrogen-bond donors (Lipinski definition) is 1. The number of aromatic nitrogens is 2. The molecule has 0 atom stereocenters. The zero-order valence-electron chi connectivity index (χ0n) is 11.5. The average molecular weight is 268 g/mol. The van der Waals surface area contributed by atoms with Crippen molar-refractivity contribution in [3.63, 3.8) is 0 Å². The zero-order chi connectivity index (χ0) is 13.9. The SMILES string of the molecule is COc1cc(C)nc(COc2ccc3[nH]ccc3c2)c1. The number of benzene rings is 1. The highest BCUT2D eigenvalue weighted by molar-refractivity contribution is 5.80. The summed E-state index contributed by atoms with van der Waals surface area (Å²) in [5.74, 6) is 1.64. The Balaban J connectivity index is 1.76. The van der Waals surface area contributed by atoms with Crippen LogP contribution in [0.1, 0.15) is 11.4 Å². The summed E-state index contributed by atoms with van der Waals surface area (Å²) in [6, 6.07) is 11.8. The fraction of sp³-hybridized carbons (Fsp3) is 0.188. The van der Waals surface area contributed by atoms with Crippen molar-refractivity contribution in [2.24, 2.45) is 0 Å². The van der Waals surface area contributed by atoms with Gasteiger partial charge in [-0.1, -0.05) is 0 Å². The van der Waals surface area contributed by atoms with E-state index in [4.69, 9.17) is 9.47 Å². The van der Waals surface area contributed by atoms with Crippen LogP contribution >= 0.6 is 0 Å². The van der Waals surface area contributed by atoms with Crippen LogP contribution in [-0.2, 0) is 6.61 Å². The lowest BCUT2D eigenvalue weighted by Gasteiger charge is -2.08. The summed E-state index contributed by atoms with van der Waals surface area (Å²) in [5, 5.41) is 1.14. The van der Waals surface area contributed by atoms with Gasteiger partial charge in [0.2, 0.25) is 0 Å². The van der Waals surface area contributed by atoms with Gasteiger partial charge < -0.3 is 14.5 Å². The predicted octanol–water partition coefficient (Wildman–Crippen LogP) is 3.46. The van der Waals surface area contributed by atoms with E-state index in [1.807, 2.05) is 49.5 Å². The number of nitrogens with one attached hydrogen (secondary N) is 1. The molecule has 0 unspecified atom stereocenters. The molecule has 1 N–H and O–H groups in total. The van der Waals surface area contributed by atoms with Crippen LogP contribution in [-0.4, -0.2) is 17.1 Å². The number of pyridine rings is 1. The largest absolute Gasteiger partial charge is 0.497 e. The Kier molecular flexibility index (Phi) is 3.29. The summed E-state index contributed by atoms with van der Waals surface area (Å²) in [6.45, 7) is 2.37. The van der Waals surface area contributed by atoms with E-state index in [1.165, 1.54) is 0 Å². The number of H-pyrrole nitrogens is 1. The molecule has 0 aliphatic heterocycles. The van der Waals surface area contributed by atoms with Crippen LogP contribution in [0.3, 0.4) is 0 Å². The van der Waals surface area contributed by atoms with Crippen LogP contribution in [0.5, 0.6) is 11.5 Å². The molecule has 2 heterocycles. The average Bonchev–Trinajstić information content (AvgIpc) is 2.92. The molecule has 0 amide bonds. The summed E-state index contributed by atoms with van der Waals surface area (Å²) in [5.41, 5.74) is 2.88. The molecule has 102 valence electrons. The number of hydrogen-bond acceptors (Lipinski definition) is 3. The Morgan fingerprint density at radius 1 is 1.10 bits per heavy atom. The molecule has 3 rings (SSSR count). The number of methoxy groups -OCH3 is 1. The molecule has 20 heavy (non-hydrogen) atoms. The van der Waals surface area contributed by atoms with E-state index in [1.54, 1.807) is 7.11 Å². The highest BCUT2D eigenvalue weighted by atomic mass is 16.5. The molecule has 0 spiro atoms. The third-order valence-corrected chi connectivity index (χ3v) is 3.13. The molecular weight excluding hydrogens is 252 g/mol. The number of rotatable bonds is 4. The second-order valence-corrected chi connectivity index (χ2v) is 4.66. The Morgan fingerprint density at radius 3 is 2.85 bits per heavy atom. The van der Waals surface area contributed by atoms with E-state index >= 15 is 0 Å². The Hall–Kier alpha value is -2.49. The lowest BCUT2D eigenvalue weighted by Crippen LogP contribution is -2.00. The minimum absolute atomic E-state index is 0.425. The summed E-state index contributed by atoms with van der Waals surface area (Å²) < 4.78 is 11.0. The maximum Gasteiger partial charge on any atom is 0.130 e. The van der Waals surface area contributed by atoms with Crippen molar-refractivity contribution in [1.82, 2.24) is 9.97 Å². The van der Waals surface area contributed by atoms with E-state index in [0.717, 1.165) is 33.8 Å². The molecular formula is C16H16N2O2. The molecule has 4 nitrogen and oxygen atoms in total. The molecule has 0 aliphatic rings. The molecule has 1 aromatic carbocycles. The molecule has 0 saturated heterocycles. The number of aryl methyl sites for hydroxylation is 1. The van der Waals surface area contributed by atoms with Gasteiger partial charge in [-0.2, -0.15) is 0 Å². The van der Waals surface area contributed by atoms with Crippen LogP contribution in [0.25, 0.3) is 10.9 Å². The Labute approximate surface area is 117 Å². The topological polar surface area (TPSA) is 47.1 Å². The van der Waals surface area contributed by atoms with Gasteiger partial charge in [0, 0.05) is 34.9 Å². The minimum atomic E-state index is 0.425. The fourth-order valence-corrected chi connectivity index (χ4v) is 2.17. The minimum Gasteiger partial charge on any atom is -0.497 e. The van der Waals surface area contributed by atoms with Gasteiger partial charge in [-0.3, -0.25) is 4.98 Å². The number of ether oxygens (including phenoxy) is 2. The highest BCUT2D eigenvalue weighted by Crippen LogP contribution is 2.21. The van der Waals surface area contributed by atoms with Gasteiger partial charge in [-0.25, -0.2) is 0 Å². The monoisotopic (exact) mass is 268 g/mol. The smallest absolute Gasteiger partial charge is 0.130 e. The van der Waals surface area contributed by atoms with E-state index in [9.17, 15) is 0 Å². The Morgan fingerprint density at radius 2 is 2.00 bits per heavy atom. The summed E-state index contributed by atoms with van der Waals surface area (Å²) >= 11 is 0. The van der Waals surface area contributed by atoms with Gasteiger partial charge >= 0.3 is 0 Å². The van der Waals surface area contributed by atoms with Crippen LogP contribution < -0.4 is 9.47 Å². The van der Waals surface area contributed by atoms with Crippen LogP contribution in [0.15, 0.2) is 42.6 Å². The molecule has 0 saturated carbocycles. The highest BCUT2D eigenvalue weighted by Gasteiger charge is 2.03. The summed E-state index contributed by atoms with van der Waals surface area (Å²) in [6.07, 6.45) is 1.92. The molecule has 0 fully saturated rings. The lowest BCUT2D eigenvalue weighted by atomic mass is 10.2. The van der Waals surface area contributed by atoms with Gasteiger partial charge in [0.05, 0.1) is 12.8 Å². The van der Waals surface area contributed by atoms with Gasteiger partial charge in [0.25, 0.3) is 0 Å². The van der Waals surface area contributed by atoms with Gasteiger partial charge in [-0.15, -0.1) is 0 Å².